The number of aliphatic hydroxyl groups excluding tert-OH is 1. The van der Waals surface area contributed by atoms with Crippen molar-refractivity contribution >= 4 is 17.9 Å². The number of hydrogen-bond acceptors (Lipinski definition) is 6. The van der Waals surface area contributed by atoms with Gasteiger partial charge in [0.25, 0.3) is 5.69 Å². The van der Waals surface area contributed by atoms with Crippen LogP contribution >= 0.6 is 0 Å². The number of amides is 1. The molecule has 8 heteroatoms. The summed E-state index contributed by atoms with van der Waals surface area (Å²) in [6.07, 6.45) is 7.45. The normalized spacial score (nSPS) is 14.4. The lowest BCUT2D eigenvalue weighted by Gasteiger charge is -2.34. The number of rotatable bonds is 11. The highest BCUT2D eigenvalue weighted by molar-refractivity contribution is 5.86. The molecule has 0 spiro atoms. The van der Waals surface area contributed by atoms with E-state index < -0.39 is 4.92 Å². The fraction of sp³-hybridized carbons (Fsp3) is 0.619. The predicted octanol–water partition coefficient (Wildman–Crippen LogP) is 3.42. The Balaban J connectivity index is 1.86. The number of aryl methyl sites for hydroxylation is 1. The number of unbranched alkanes of at least 4 members (excludes halogenated alkanes) is 1. The number of nitrogens with zero attached hydrogens (tertiary/aromatic N) is 2. The molecule has 1 N–H and O–H groups in total. The Morgan fingerprint density at radius 3 is 2.66 bits per heavy atom. The summed E-state index contributed by atoms with van der Waals surface area (Å²) < 4.78 is 5.66. The van der Waals surface area contributed by atoms with Gasteiger partial charge in [0.1, 0.15) is 11.3 Å². The minimum Gasteiger partial charge on any atom is -0.492 e. The van der Waals surface area contributed by atoms with Crippen LogP contribution in [0.25, 0.3) is 0 Å². The van der Waals surface area contributed by atoms with Gasteiger partial charge in [-0.1, -0.05) is 19.3 Å². The molecule has 1 aliphatic carbocycles. The number of hydrogen-bond donors (Lipinski definition) is 1. The minimum absolute atomic E-state index is 0.0358. The molecule has 29 heavy (non-hydrogen) atoms. The Morgan fingerprint density at radius 1 is 1.31 bits per heavy atom. The number of nitro benzene ring substituents is 1. The number of carbonyl (C=O) groups excluding carboxylic acids is 2. The maximum absolute atomic E-state index is 12.6. The van der Waals surface area contributed by atoms with Gasteiger partial charge in [-0.25, -0.2) is 0 Å². The molecule has 1 fully saturated rings. The number of benzene rings is 1. The van der Waals surface area contributed by atoms with Crippen LogP contribution in [0.15, 0.2) is 12.1 Å². The largest absolute Gasteiger partial charge is 0.492 e. The molecule has 0 radical (unpaired) electrons. The van der Waals surface area contributed by atoms with Crippen LogP contribution in [0.2, 0.25) is 0 Å². The Hall–Kier alpha value is -2.48. The molecule has 0 atom stereocenters. The lowest BCUT2D eigenvalue weighted by molar-refractivity contribution is -0.385. The molecule has 2 rings (SSSR count). The van der Waals surface area contributed by atoms with Crippen LogP contribution in [-0.4, -0.2) is 52.9 Å². The van der Waals surface area contributed by atoms with Gasteiger partial charge in [0.2, 0.25) is 5.91 Å². The third kappa shape index (κ3) is 6.25. The van der Waals surface area contributed by atoms with Gasteiger partial charge >= 0.3 is 0 Å². The van der Waals surface area contributed by atoms with Crippen molar-refractivity contribution in [3.63, 3.8) is 0 Å². The second kappa shape index (κ2) is 11.5. The first-order chi connectivity index (χ1) is 14.0. The molecule has 8 nitrogen and oxygen atoms in total. The molecular formula is C21H30N2O6. The van der Waals surface area contributed by atoms with Crippen molar-refractivity contribution in [2.24, 2.45) is 0 Å². The molecule has 0 aliphatic heterocycles. The highest BCUT2D eigenvalue weighted by Crippen LogP contribution is 2.30. The third-order valence-corrected chi connectivity index (χ3v) is 5.39. The van der Waals surface area contributed by atoms with Gasteiger partial charge in [0.05, 0.1) is 18.1 Å². The van der Waals surface area contributed by atoms with Crippen molar-refractivity contribution in [3.8, 4) is 5.75 Å². The Morgan fingerprint density at radius 2 is 2.03 bits per heavy atom. The molecule has 0 heterocycles. The van der Waals surface area contributed by atoms with E-state index in [9.17, 15) is 24.8 Å². The first-order valence-corrected chi connectivity index (χ1v) is 10.3. The van der Waals surface area contributed by atoms with Crippen LogP contribution in [0.3, 0.4) is 0 Å². The van der Waals surface area contributed by atoms with E-state index in [1.165, 1.54) is 12.5 Å². The average molecular weight is 406 g/mol. The highest BCUT2D eigenvalue weighted by atomic mass is 16.6. The second-order valence-corrected chi connectivity index (χ2v) is 7.43. The van der Waals surface area contributed by atoms with E-state index in [0.29, 0.717) is 37.7 Å². The van der Waals surface area contributed by atoms with Crippen LogP contribution in [0, 0.1) is 17.0 Å². The van der Waals surface area contributed by atoms with Crippen LogP contribution < -0.4 is 4.74 Å². The standard InChI is InChI=1S/C21H30N2O6/c1-16-10-11-19(23(27)28)18(15-25)21(16)29-14-6-5-9-20(26)22(12-13-24)17-7-3-2-4-8-17/h10-11,15,17,24H,2-9,12-14H2,1H3. The van der Waals surface area contributed by atoms with E-state index in [4.69, 9.17) is 4.74 Å². The van der Waals surface area contributed by atoms with E-state index >= 15 is 0 Å². The van der Waals surface area contributed by atoms with E-state index in [0.717, 1.165) is 25.7 Å². The second-order valence-electron chi connectivity index (χ2n) is 7.43. The van der Waals surface area contributed by atoms with E-state index in [-0.39, 0.29) is 42.2 Å². The van der Waals surface area contributed by atoms with Crippen molar-refractivity contribution < 1.29 is 24.4 Å². The number of ether oxygens (including phenoxy) is 1. The van der Waals surface area contributed by atoms with Crippen molar-refractivity contribution in [1.82, 2.24) is 4.90 Å². The van der Waals surface area contributed by atoms with Crippen LogP contribution in [-0.2, 0) is 4.79 Å². The Labute approximate surface area is 171 Å². The molecule has 0 unspecified atom stereocenters. The van der Waals surface area contributed by atoms with Gasteiger partial charge in [-0.3, -0.25) is 19.7 Å². The summed E-state index contributed by atoms with van der Waals surface area (Å²) in [5.74, 6) is 0.274. The first kappa shape index (κ1) is 22.8. The van der Waals surface area contributed by atoms with Gasteiger partial charge in [-0.15, -0.1) is 0 Å². The topological polar surface area (TPSA) is 110 Å². The van der Waals surface area contributed by atoms with Crippen LogP contribution in [0.4, 0.5) is 5.69 Å². The zero-order chi connectivity index (χ0) is 21.2. The summed E-state index contributed by atoms with van der Waals surface area (Å²) in [7, 11) is 0. The van der Waals surface area contributed by atoms with Crippen molar-refractivity contribution in [2.45, 2.75) is 64.3 Å². The smallest absolute Gasteiger partial charge is 0.283 e. The summed E-state index contributed by atoms with van der Waals surface area (Å²) in [5, 5.41) is 20.4. The maximum atomic E-state index is 12.6. The first-order valence-electron chi connectivity index (χ1n) is 10.3. The summed E-state index contributed by atoms with van der Waals surface area (Å²) in [5.41, 5.74) is 0.320. The van der Waals surface area contributed by atoms with Crippen LogP contribution in [0.1, 0.15) is 67.3 Å². The van der Waals surface area contributed by atoms with Crippen molar-refractivity contribution in [2.75, 3.05) is 19.8 Å². The number of carbonyl (C=O) groups is 2. The van der Waals surface area contributed by atoms with Gasteiger partial charge in [-0.2, -0.15) is 0 Å². The molecule has 1 aromatic rings. The number of aldehydes is 1. The lowest BCUT2D eigenvalue weighted by atomic mass is 9.94. The molecule has 1 saturated carbocycles. The quantitative estimate of drug-likeness (QED) is 0.261. The van der Waals surface area contributed by atoms with E-state index in [2.05, 4.69) is 0 Å². The summed E-state index contributed by atoms with van der Waals surface area (Å²) in [6, 6.07) is 3.08. The molecule has 0 aromatic heterocycles. The zero-order valence-corrected chi connectivity index (χ0v) is 17.0. The van der Waals surface area contributed by atoms with Crippen LogP contribution in [0.5, 0.6) is 5.75 Å². The number of nitro groups is 1. The van der Waals surface area contributed by atoms with Gasteiger partial charge in [0, 0.05) is 25.1 Å². The Kier molecular flexibility index (Phi) is 9.05. The van der Waals surface area contributed by atoms with E-state index in [1.807, 2.05) is 4.90 Å². The maximum Gasteiger partial charge on any atom is 0.283 e. The zero-order valence-electron chi connectivity index (χ0n) is 17.0. The van der Waals surface area contributed by atoms with Crippen molar-refractivity contribution in [1.29, 1.82) is 0 Å². The third-order valence-electron chi connectivity index (χ3n) is 5.39. The molecule has 1 aromatic carbocycles. The molecule has 0 bridgehead atoms. The fourth-order valence-electron chi connectivity index (χ4n) is 3.87. The van der Waals surface area contributed by atoms with E-state index in [1.54, 1.807) is 13.0 Å². The SMILES string of the molecule is Cc1ccc([N+](=O)[O-])c(C=O)c1OCCCCC(=O)N(CCO)C1CCCCC1. The summed E-state index contributed by atoms with van der Waals surface area (Å²) >= 11 is 0. The molecule has 1 amide bonds. The highest BCUT2D eigenvalue weighted by Gasteiger charge is 2.24. The Bertz CT molecular complexity index is 715. The monoisotopic (exact) mass is 406 g/mol. The molecule has 160 valence electrons. The summed E-state index contributed by atoms with van der Waals surface area (Å²) in [4.78, 5) is 36.2. The molecular weight excluding hydrogens is 376 g/mol. The van der Waals surface area contributed by atoms with Gasteiger partial charge in [0.15, 0.2) is 6.29 Å². The van der Waals surface area contributed by atoms with Gasteiger partial charge in [-0.05, 0) is 44.2 Å². The molecule has 0 saturated heterocycles. The lowest BCUT2D eigenvalue weighted by Crippen LogP contribution is -2.43. The van der Waals surface area contributed by atoms with Crippen molar-refractivity contribution in [3.05, 3.63) is 33.4 Å². The average Bonchev–Trinajstić information content (AvgIpc) is 2.72. The molecule has 1 aliphatic rings. The predicted molar refractivity (Wildman–Crippen MR) is 108 cm³/mol. The number of aliphatic hydroxyl groups is 1. The summed E-state index contributed by atoms with van der Waals surface area (Å²) in [6.45, 7) is 2.33. The fourth-order valence-corrected chi connectivity index (χ4v) is 3.87. The van der Waals surface area contributed by atoms with Gasteiger partial charge < -0.3 is 14.7 Å². The minimum atomic E-state index is -0.601.